The third kappa shape index (κ3) is 2.29. The van der Waals surface area contributed by atoms with Gasteiger partial charge in [-0.1, -0.05) is 23.8 Å². The average molecular weight is 271 g/mol. The van der Waals surface area contributed by atoms with E-state index in [9.17, 15) is 4.39 Å². The summed E-state index contributed by atoms with van der Waals surface area (Å²) in [5.74, 6) is 0.419. The number of aryl methyl sites for hydroxylation is 2. The highest BCUT2D eigenvalue weighted by atomic mass is 19.1. The summed E-state index contributed by atoms with van der Waals surface area (Å²) in [6.07, 6.45) is 0.601. The van der Waals surface area contributed by atoms with Crippen LogP contribution < -0.4 is 10.5 Å². The second-order valence-corrected chi connectivity index (χ2v) is 5.49. The van der Waals surface area contributed by atoms with E-state index < -0.39 is 0 Å². The van der Waals surface area contributed by atoms with Crippen molar-refractivity contribution in [1.29, 1.82) is 0 Å². The molecular formula is C17H18FNO. The molecule has 2 aromatic rings. The number of rotatable bonds is 1. The molecule has 20 heavy (non-hydrogen) atoms. The van der Waals surface area contributed by atoms with Crippen LogP contribution in [0.2, 0.25) is 0 Å². The van der Waals surface area contributed by atoms with E-state index in [-0.39, 0.29) is 18.0 Å². The summed E-state index contributed by atoms with van der Waals surface area (Å²) in [4.78, 5) is 0. The number of halogens is 1. The van der Waals surface area contributed by atoms with Crippen molar-refractivity contribution in [3.63, 3.8) is 0 Å². The van der Waals surface area contributed by atoms with Crippen LogP contribution in [0.5, 0.6) is 5.75 Å². The van der Waals surface area contributed by atoms with E-state index in [1.807, 2.05) is 0 Å². The number of hydrogen-bond acceptors (Lipinski definition) is 2. The lowest BCUT2D eigenvalue weighted by Gasteiger charge is -2.31. The van der Waals surface area contributed by atoms with Gasteiger partial charge in [-0.15, -0.1) is 0 Å². The summed E-state index contributed by atoms with van der Waals surface area (Å²) < 4.78 is 19.3. The van der Waals surface area contributed by atoms with Gasteiger partial charge in [-0.3, -0.25) is 0 Å². The molecule has 2 aromatic carbocycles. The molecule has 0 spiro atoms. The minimum Gasteiger partial charge on any atom is -0.485 e. The zero-order chi connectivity index (χ0) is 14.3. The first-order chi connectivity index (χ1) is 9.54. The molecule has 0 amide bonds. The highest BCUT2D eigenvalue weighted by molar-refractivity contribution is 5.41. The zero-order valence-corrected chi connectivity index (χ0v) is 11.7. The molecule has 0 saturated carbocycles. The van der Waals surface area contributed by atoms with Crippen molar-refractivity contribution < 1.29 is 9.13 Å². The summed E-state index contributed by atoms with van der Waals surface area (Å²) in [5.41, 5.74) is 10.5. The molecule has 1 heterocycles. The van der Waals surface area contributed by atoms with E-state index in [0.29, 0.717) is 12.2 Å². The predicted octanol–water partition coefficient (Wildman–Crippen LogP) is 3.97. The summed E-state index contributed by atoms with van der Waals surface area (Å²) in [7, 11) is 0. The molecule has 2 nitrogen and oxygen atoms in total. The normalized spacial score (nSPS) is 21.2. The molecule has 1 unspecified atom stereocenters. The third-order valence-electron chi connectivity index (χ3n) is 3.88. The Hall–Kier alpha value is -1.87. The maximum Gasteiger partial charge on any atom is 0.126 e. The molecule has 1 aliphatic rings. The Morgan fingerprint density at radius 1 is 1.10 bits per heavy atom. The van der Waals surface area contributed by atoms with E-state index in [0.717, 1.165) is 11.1 Å². The Morgan fingerprint density at radius 2 is 1.90 bits per heavy atom. The van der Waals surface area contributed by atoms with E-state index >= 15 is 0 Å². The molecule has 3 heteroatoms. The van der Waals surface area contributed by atoms with Crippen molar-refractivity contribution in [1.82, 2.24) is 0 Å². The topological polar surface area (TPSA) is 35.2 Å². The van der Waals surface area contributed by atoms with E-state index in [4.69, 9.17) is 10.5 Å². The summed E-state index contributed by atoms with van der Waals surface area (Å²) >= 11 is 0. The lowest BCUT2D eigenvalue weighted by atomic mass is 9.91. The van der Waals surface area contributed by atoms with Crippen LogP contribution in [0.25, 0.3) is 0 Å². The minimum atomic E-state index is -0.271. The first-order valence-electron chi connectivity index (χ1n) is 6.83. The van der Waals surface area contributed by atoms with Gasteiger partial charge in [-0.05, 0) is 43.2 Å². The maximum absolute atomic E-state index is 13.3. The third-order valence-corrected chi connectivity index (χ3v) is 3.88. The Kier molecular flexibility index (Phi) is 3.22. The van der Waals surface area contributed by atoms with Gasteiger partial charge >= 0.3 is 0 Å². The molecule has 0 fully saturated rings. The van der Waals surface area contributed by atoms with Crippen LogP contribution in [0.4, 0.5) is 4.39 Å². The first kappa shape index (κ1) is 13.1. The molecular weight excluding hydrogens is 253 g/mol. The van der Waals surface area contributed by atoms with Gasteiger partial charge in [0, 0.05) is 18.0 Å². The van der Waals surface area contributed by atoms with Gasteiger partial charge in [-0.25, -0.2) is 4.39 Å². The summed E-state index contributed by atoms with van der Waals surface area (Å²) in [5, 5.41) is 0. The largest absolute Gasteiger partial charge is 0.485 e. The Balaban J connectivity index is 1.97. The molecule has 104 valence electrons. The van der Waals surface area contributed by atoms with Gasteiger partial charge in [0.1, 0.15) is 17.7 Å². The number of ether oxygens (including phenoxy) is 1. The van der Waals surface area contributed by atoms with Gasteiger partial charge in [-0.2, -0.15) is 0 Å². The van der Waals surface area contributed by atoms with Crippen molar-refractivity contribution in [2.45, 2.75) is 32.4 Å². The lowest BCUT2D eigenvalue weighted by Crippen LogP contribution is -2.24. The fourth-order valence-corrected chi connectivity index (χ4v) is 2.85. The predicted molar refractivity (Wildman–Crippen MR) is 77.2 cm³/mol. The Morgan fingerprint density at radius 3 is 2.65 bits per heavy atom. The smallest absolute Gasteiger partial charge is 0.126 e. The fraction of sp³-hybridized carbons (Fsp3) is 0.294. The maximum atomic E-state index is 13.3. The van der Waals surface area contributed by atoms with Gasteiger partial charge in [0.2, 0.25) is 0 Å². The Bertz CT molecular complexity index is 653. The molecule has 0 radical (unpaired) electrons. The molecule has 2 N–H and O–H groups in total. The lowest BCUT2D eigenvalue weighted by molar-refractivity contribution is 0.160. The second-order valence-electron chi connectivity index (χ2n) is 5.49. The summed E-state index contributed by atoms with van der Waals surface area (Å²) in [6.45, 7) is 4.15. The highest BCUT2D eigenvalue weighted by Crippen LogP contribution is 2.40. The molecule has 1 aliphatic heterocycles. The standard InChI is InChI=1S/C17H18FNO/c1-10-3-5-13(11(2)7-10)17-9-15(19)14-8-12(18)4-6-16(14)20-17/h3-8,15,17H,9,19H2,1-2H3/t15-,17?/m1/s1. The van der Waals surface area contributed by atoms with Crippen molar-refractivity contribution in [3.05, 3.63) is 64.5 Å². The van der Waals surface area contributed by atoms with Crippen LogP contribution in [0, 0.1) is 19.7 Å². The first-order valence-corrected chi connectivity index (χ1v) is 6.83. The van der Waals surface area contributed by atoms with E-state index in [2.05, 4.69) is 32.0 Å². The van der Waals surface area contributed by atoms with Crippen LogP contribution >= 0.6 is 0 Å². The molecule has 3 rings (SSSR count). The van der Waals surface area contributed by atoms with E-state index in [1.165, 1.54) is 23.3 Å². The second kappa shape index (κ2) is 4.91. The number of hydrogen-bond donors (Lipinski definition) is 1. The molecule has 0 saturated heterocycles. The SMILES string of the molecule is Cc1ccc(C2C[C@@H](N)c3cc(F)ccc3O2)c(C)c1. The fourth-order valence-electron chi connectivity index (χ4n) is 2.85. The van der Waals surface area contributed by atoms with Crippen LogP contribution in [0.3, 0.4) is 0 Å². The average Bonchev–Trinajstić information content (AvgIpc) is 2.39. The van der Waals surface area contributed by atoms with Crippen LogP contribution in [0.1, 0.15) is 40.8 Å². The van der Waals surface area contributed by atoms with Crippen molar-refractivity contribution in [2.75, 3.05) is 0 Å². The van der Waals surface area contributed by atoms with Gasteiger partial charge < -0.3 is 10.5 Å². The number of fused-ring (bicyclic) bond motifs is 1. The number of benzene rings is 2. The van der Waals surface area contributed by atoms with Crippen molar-refractivity contribution in [2.24, 2.45) is 5.73 Å². The van der Waals surface area contributed by atoms with Crippen molar-refractivity contribution >= 4 is 0 Å². The molecule has 0 aliphatic carbocycles. The van der Waals surface area contributed by atoms with Crippen molar-refractivity contribution in [3.8, 4) is 5.75 Å². The quantitative estimate of drug-likeness (QED) is 0.852. The monoisotopic (exact) mass is 271 g/mol. The Labute approximate surface area is 118 Å². The van der Waals surface area contributed by atoms with Crippen LogP contribution in [-0.4, -0.2) is 0 Å². The number of nitrogens with two attached hydrogens (primary N) is 1. The molecule has 0 bridgehead atoms. The minimum absolute atomic E-state index is 0.0661. The van der Waals surface area contributed by atoms with Gasteiger partial charge in [0.05, 0.1) is 0 Å². The highest BCUT2D eigenvalue weighted by Gasteiger charge is 2.28. The zero-order valence-electron chi connectivity index (χ0n) is 11.7. The molecule has 0 aromatic heterocycles. The summed E-state index contributed by atoms with van der Waals surface area (Å²) in [6, 6.07) is 10.7. The van der Waals surface area contributed by atoms with Crippen LogP contribution in [0.15, 0.2) is 36.4 Å². The van der Waals surface area contributed by atoms with Crippen LogP contribution in [-0.2, 0) is 0 Å². The van der Waals surface area contributed by atoms with Gasteiger partial charge in [0.15, 0.2) is 0 Å². The van der Waals surface area contributed by atoms with Gasteiger partial charge in [0.25, 0.3) is 0 Å². The van der Waals surface area contributed by atoms with E-state index in [1.54, 1.807) is 6.07 Å². The molecule has 2 atom stereocenters.